The van der Waals surface area contributed by atoms with Crippen molar-refractivity contribution in [2.24, 2.45) is 0 Å². The summed E-state index contributed by atoms with van der Waals surface area (Å²) < 4.78 is 25.9. The number of aromatic amines is 1. The second-order valence-electron chi connectivity index (χ2n) is 3.87. The van der Waals surface area contributed by atoms with Gasteiger partial charge in [0.05, 0.1) is 6.20 Å². The minimum atomic E-state index is -3.45. The second-order valence-corrected chi connectivity index (χ2v) is 5.60. The van der Waals surface area contributed by atoms with Crippen molar-refractivity contribution in [3.8, 4) is 0 Å². The molecule has 1 rings (SSSR count). The minimum absolute atomic E-state index is 0.102. The molecule has 7 heteroatoms. The lowest BCUT2D eigenvalue weighted by Gasteiger charge is -2.04. The molecule has 0 atom stereocenters. The monoisotopic (exact) mass is 261 g/mol. The van der Waals surface area contributed by atoms with Crippen LogP contribution in [0.15, 0.2) is 11.2 Å². The number of aromatic nitrogens is 2. The number of imidazole rings is 1. The molecule has 1 heterocycles. The highest BCUT2D eigenvalue weighted by Crippen LogP contribution is 2.05. The van der Waals surface area contributed by atoms with Crippen LogP contribution < -0.4 is 4.72 Å². The van der Waals surface area contributed by atoms with Crippen LogP contribution in [0.5, 0.6) is 0 Å². The summed E-state index contributed by atoms with van der Waals surface area (Å²) in [6.07, 6.45) is 4.68. The van der Waals surface area contributed by atoms with Gasteiger partial charge < -0.3 is 10.1 Å². The van der Waals surface area contributed by atoms with Gasteiger partial charge in [-0.2, -0.15) is 0 Å². The van der Waals surface area contributed by atoms with E-state index in [4.69, 9.17) is 5.11 Å². The third-order valence-electron chi connectivity index (χ3n) is 2.35. The Balaban J connectivity index is 2.31. The van der Waals surface area contributed by atoms with Crippen LogP contribution >= 0.6 is 0 Å². The molecular formula is C10H19N3O3S. The number of nitrogens with one attached hydrogen (secondary N) is 2. The van der Waals surface area contributed by atoms with E-state index in [-0.39, 0.29) is 11.6 Å². The van der Waals surface area contributed by atoms with Crippen LogP contribution in [0, 0.1) is 6.92 Å². The van der Waals surface area contributed by atoms with Crippen LogP contribution in [0.1, 0.15) is 31.5 Å². The molecule has 17 heavy (non-hydrogen) atoms. The molecule has 0 aromatic carbocycles. The fourth-order valence-electron chi connectivity index (χ4n) is 1.41. The molecule has 0 aliphatic rings. The maximum absolute atomic E-state index is 11.7. The molecule has 0 bridgehead atoms. The number of hydrogen-bond acceptors (Lipinski definition) is 4. The van der Waals surface area contributed by atoms with Gasteiger partial charge in [0, 0.05) is 13.2 Å². The number of sulfonamides is 1. The van der Waals surface area contributed by atoms with Crippen LogP contribution in [0.25, 0.3) is 0 Å². The van der Waals surface area contributed by atoms with Crippen molar-refractivity contribution < 1.29 is 13.5 Å². The molecule has 0 radical (unpaired) electrons. The van der Waals surface area contributed by atoms with Gasteiger partial charge >= 0.3 is 0 Å². The highest BCUT2D eigenvalue weighted by molar-refractivity contribution is 7.89. The standard InChI is InChI=1S/C10H19N3O3S/c1-9-11-8-10(13-9)17(15,16)12-6-4-2-3-5-7-14/h8,12,14H,2-7H2,1H3,(H,11,13). The zero-order valence-corrected chi connectivity index (χ0v) is 10.8. The Hall–Kier alpha value is -0.920. The zero-order valence-electron chi connectivity index (χ0n) is 9.94. The van der Waals surface area contributed by atoms with E-state index in [9.17, 15) is 8.42 Å². The van der Waals surface area contributed by atoms with E-state index in [0.717, 1.165) is 25.7 Å². The summed E-state index contributed by atoms with van der Waals surface area (Å²) in [5.41, 5.74) is 0. The highest BCUT2D eigenvalue weighted by atomic mass is 32.2. The predicted octanol–water partition coefficient (Wildman–Crippen LogP) is 0.549. The molecule has 0 saturated carbocycles. The van der Waals surface area contributed by atoms with Gasteiger partial charge in [-0.05, 0) is 19.8 Å². The van der Waals surface area contributed by atoms with Crippen LogP contribution in [-0.2, 0) is 10.0 Å². The number of unbranched alkanes of at least 4 members (excludes halogenated alkanes) is 3. The number of nitrogens with zero attached hydrogens (tertiary/aromatic N) is 1. The Labute approximate surface area is 102 Å². The molecule has 1 aromatic heterocycles. The molecule has 3 N–H and O–H groups in total. The summed E-state index contributed by atoms with van der Waals surface area (Å²) in [4.78, 5) is 6.53. The van der Waals surface area contributed by atoms with E-state index in [1.54, 1.807) is 6.92 Å². The summed E-state index contributed by atoms with van der Waals surface area (Å²) in [5.74, 6) is 0.577. The van der Waals surface area contributed by atoms with Crippen LogP contribution in [0.4, 0.5) is 0 Å². The Morgan fingerprint density at radius 1 is 1.35 bits per heavy atom. The third-order valence-corrected chi connectivity index (χ3v) is 3.72. The van der Waals surface area contributed by atoms with Gasteiger partial charge in [0.2, 0.25) is 0 Å². The molecule has 0 spiro atoms. The van der Waals surface area contributed by atoms with E-state index in [1.807, 2.05) is 0 Å². The van der Waals surface area contributed by atoms with Gasteiger partial charge in [0.25, 0.3) is 10.0 Å². The highest BCUT2D eigenvalue weighted by Gasteiger charge is 2.15. The van der Waals surface area contributed by atoms with Crippen molar-refractivity contribution in [2.45, 2.75) is 37.6 Å². The average Bonchev–Trinajstić information content (AvgIpc) is 2.71. The molecule has 0 saturated heterocycles. The fraction of sp³-hybridized carbons (Fsp3) is 0.700. The maximum Gasteiger partial charge on any atom is 0.257 e. The molecule has 0 amide bonds. The topological polar surface area (TPSA) is 95.1 Å². The van der Waals surface area contributed by atoms with E-state index < -0.39 is 10.0 Å². The maximum atomic E-state index is 11.7. The van der Waals surface area contributed by atoms with Crippen molar-refractivity contribution >= 4 is 10.0 Å². The smallest absolute Gasteiger partial charge is 0.257 e. The van der Waals surface area contributed by atoms with E-state index in [0.29, 0.717) is 12.4 Å². The van der Waals surface area contributed by atoms with Crippen molar-refractivity contribution in [3.63, 3.8) is 0 Å². The molecule has 0 aliphatic carbocycles. The first-order chi connectivity index (χ1) is 8.06. The normalized spacial score (nSPS) is 11.9. The predicted molar refractivity (Wildman–Crippen MR) is 64.1 cm³/mol. The molecule has 1 aromatic rings. The van der Waals surface area contributed by atoms with Crippen LogP contribution in [-0.4, -0.2) is 36.6 Å². The summed E-state index contributed by atoms with van der Waals surface area (Å²) in [6, 6.07) is 0. The molecule has 0 unspecified atom stereocenters. The van der Waals surface area contributed by atoms with Gasteiger partial charge in [-0.1, -0.05) is 12.8 Å². The van der Waals surface area contributed by atoms with E-state index in [2.05, 4.69) is 14.7 Å². The quantitative estimate of drug-likeness (QED) is 0.595. The number of hydrogen-bond donors (Lipinski definition) is 3. The van der Waals surface area contributed by atoms with Gasteiger partial charge in [0.15, 0.2) is 5.03 Å². The summed E-state index contributed by atoms with van der Waals surface area (Å²) in [7, 11) is -3.45. The van der Waals surface area contributed by atoms with Gasteiger partial charge in [0.1, 0.15) is 5.82 Å². The number of aliphatic hydroxyl groups is 1. The second kappa shape index (κ2) is 6.73. The lowest BCUT2D eigenvalue weighted by atomic mass is 10.2. The van der Waals surface area contributed by atoms with Crippen molar-refractivity contribution in [1.82, 2.24) is 14.7 Å². The number of aliphatic hydroxyl groups excluding tert-OH is 1. The Kier molecular flexibility index (Phi) is 5.60. The van der Waals surface area contributed by atoms with Gasteiger partial charge in [-0.25, -0.2) is 18.1 Å². The van der Waals surface area contributed by atoms with Crippen molar-refractivity contribution in [3.05, 3.63) is 12.0 Å². The Morgan fingerprint density at radius 2 is 2.06 bits per heavy atom. The lowest BCUT2D eigenvalue weighted by molar-refractivity contribution is 0.282. The number of H-pyrrole nitrogens is 1. The number of aryl methyl sites for hydroxylation is 1. The van der Waals surface area contributed by atoms with E-state index >= 15 is 0 Å². The van der Waals surface area contributed by atoms with Crippen LogP contribution in [0.3, 0.4) is 0 Å². The minimum Gasteiger partial charge on any atom is -0.396 e. The molecule has 0 aliphatic heterocycles. The van der Waals surface area contributed by atoms with Gasteiger partial charge in [-0.3, -0.25) is 0 Å². The summed E-state index contributed by atoms with van der Waals surface area (Å²) in [6.45, 7) is 2.30. The summed E-state index contributed by atoms with van der Waals surface area (Å²) in [5, 5.41) is 8.68. The molecular weight excluding hydrogens is 242 g/mol. The first kappa shape index (κ1) is 14.1. The molecule has 98 valence electrons. The molecule has 6 nitrogen and oxygen atoms in total. The largest absolute Gasteiger partial charge is 0.396 e. The Morgan fingerprint density at radius 3 is 2.65 bits per heavy atom. The zero-order chi connectivity index (χ0) is 12.7. The summed E-state index contributed by atoms with van der Waals surface area (Å²) >= 11 is 0. The van der Waals surface area contributed by atoms with Crippen LogP contribution in [0.2, 0.25) is 0 Å². The first-order valence-electron chi connectivity index (χ1n) is 5.68. The fourth-order valence-corrected chi connectivity index (χ4v) is 2.45. The van der Waals surface area contributed by atoms with Crippen molar-refractivity contribution in [1.29, 1.82) is 0 Å². The SMILES string of the molecule is Cc1ncc(S(=O)(=O)NCCCCCCO)[nH]1. The van der Waals surface area contributed by atoms with Gasteiger partial charge in [-0.15, -0.1) is 0 Å². The Bertz CT molecular complexity index is 428. The third kappa shape index (κ3) is 4.84. The lowest BCUT2D eigenvalue weighted by Crippen LogP contribution is -2.25. The number of rotatable bonds is 8. The average molecular weight is 261 g/mol. The van der Waals surface area contributed by atoms with E-state index in [1.165, 1.54) is 6.20 Å². The van der Waals surface area contributed by atoms with Crippen molar-refractivity contribution in [2.75, 3.05) is 13.2 Å². The first-order valence-corrected chi connectivity index (χ1v) is 7.17. The molecule has 0 fully saturated rings.